The van der Waals surface area contributed by atoms with Gasteiger partial charge < -0.3 is 0 Å². The third-order valence-corrected chi connectivity index (χ3v) is 1.80. The second-order valence-corrected chi connectivity index (χ2v) is 2.99. The minimum absolute atomic E-state index is 0. The Labute approximate surface area is 100.0 Å². The van der Waals surface area contributed by atoms with E-state index in [0.29, 0.717) is 5.92 Å². The molecule has 0 N–H and O–H groups in total. The summed E-state index contributed by atoms with van der Waals surface area (Å²) in [5.74, 6) is 0.599. The van der Waals surface area contributed by atoms with Crippen molar-refractivity contribution >= 4 is 6.08 Å². The molecule has 0 aromatic heterocycles. The van der Waals surface area contributed by atoms with Gasteiger partial charge in [-0.15, -0.1) is 12.1 Å². The largest absolute Gasteiger partial charge is 0.292 e. The maximum absolute atomic E-state index is 5.35. The zero-order valence-electron chi connectivity index (χ0n) is 7.62. The molecule has 61 valence electrons. The van der Waals surface area contributed by atoms with Gasteiger partial charge in [0.1, 0.15) is 0 Å². The van der Waals surface area contributed by atoms with Crippen LogP contribution in [-0.2, 0) is 32.7 Å². The van der Waals surface area contributed by atoms with Crippen LogP contribution in [0.4, 0.5) is 0 Å². The van der Waals surface area contributed by atoms with Gasteiger partial charge >= 0.3 is 0 Å². The first-order valence-electron chi connectivity index (χ1n) is 3.89. The minimum Gasteiger partial charge on any atom is -0.292 e. The molecule has 0 aliphatic rings. The molecule has 0 aliphatic carbocycles. The quantitative estimate of drug-likeness (QED) is 0.689. The molecular weight excluding hydrogens is 221 g/mol. The van der Waals surface area contributed by atoms with E-state index in [0.717, 1.165) is 5.56 Å². The van der Waals surface area contributed by atoms with Gasteiger partial charge in [-0.05, 0) is 11.5 Å². The van der Waals surface area contributed by atoms with Crippen molar-refractivity contribution in [3.05, 3.63) is 42.0 Å². The average molecular weight is 234 g/mol. The second-order valence-electron chi connectivity index (χ2n) is 2.99. The fraction of sp³-hybridized carbons (Fsp3) is 0.273. The smallest absolute Gasteiger partial charge is 0 e. The maximum atomic E-state index is 5.35. The van der Waals surface area contributed by atoms with E-state index in [1.54, 1.807) is 6.08 Å². The zero-order valence-corrected chi connectivity index (χ0v) is 10.5. The normalized spacial score (nSPS) is 9.25. The van der Waals surface area contributed by atoms with Crippen LogP contribution in [0.5, 0.6) is 0 Å². The molecule has 0 saturated carbocycles. The summed E-state index contributed by atoms with van der Waals surface area (Å²) in [7, 11) is 0. The number of hydrogen-bond donors (Lipinski definition) is 0. The minimum atomic E-state index is 0. The summed E-state index contributed by atoms with van der Waals surface area (Å²) in [4.78, 5) is 0. The van der Waals surface area contributed by atoms with Crippen LogP contribution in [0.25, 0.3) is 6.08 Å². The van der Waals surface area contributed by atoms with Crippen LogP contribution in [0, 0.1) is 6.58 Å². The summed E-state index contributed by atoms with van der Waals surface area (Å²) < 4.78 is 0. The van der Waals surface area contributed by atoms with Crippen LogP contribution >= 0.6 is 0 Å². The molecule has 0 heterocycles. The van der Waals surface area contributed by atoms with Crippen LogP contribution in [0.15, 0.2) is 24.3 Å². The summed E-state index contributed by atoms with van der Waals surface area (Å²) in [5.41, 5.74) is 2.44. The molecule has 0 unspecified atom stereocenters. The standard InChI is InChI=1S/C11H13.Y/c1-4-10-5-7-11(8-6-10)9(2)3;/h1,4-9H,2-3H3;/q-1;. The SMILES string of the molecule is [CH-]=Cc1ccc(C(C)C)cc1.[Y]. The van der Waals surface area contributed by atoms with Crippen molar-refractivity contribution in [2.24, 2.45) is 0 Å². The molecule has 0 amide bonds. The molecule has 1 aromatic carbocycles. The van der Waals surface area contributed by atoms with Crippen molar-refractivity contribution in [3.8, 4) is 0 Å². The van der Waals surface area contributed by atoms with Gasteiger partial charge in [-0.2, -0.15) is 5.56 Å². The van der Waals surface area contributed by atoms with E-state index in [9.17, 15) is 0 Å². The van der Waals surface area contributed by atoms with Crippen molar-refractivity contribution in [3.63, 3.8) is 0 Å². The predicted octanol–water partition coefficient (Wildman–Crippen LogP) is 3.25. The molecule has 1 radical (unpaired) electrons. The van der Waals surface area contributed by atoms with Crippen LogP contribution in [0.3, 0.4) is 0 Å². The topological polar surface area (TPSA) is 0 Å². The van der Waals surface area contributed by atoms with Crippen molar-refractivity contribution in [2.45, 2.75) is 19.8 Å². The maximum Gasteiger partial charge on any atom is 0 e. The molecule has 0 nitrogen and oxygen atoms in total. The molecular formula is C11H13Y-. The summed E-state index contributed by atoms with van der Waals surface area (Å²) in [5, 5.41) is 0. The first-order chi connectivity index (χ1) is 5.24. The monoisotopic (exact) mass is 234 g/mol. The van der Waals surface area contributed by atoms with E-state index >= 15 is 0 Å². The van der Waals surface area contributed by atoms with Crippen molar-refractivity contribution < 1.29 is 32.7 Å². The fourth-order valence-electron chi connectivity index (χ4n) is 0.992. The second kappa shape index (κ2) is 5.67. The molecule has 1 heteroatoms. The van der Waals surface area contributed by atoms with Crippen molar-refractivity contribution in [1.29, 1.82) is 0 Å². The summed E-state index contributed by atoms with van der Waals surface area (Å²) in [6.45, 7) is 9.71. The Morgan fingerprint density at radius 3 is 2.00 bits per heavy atom. The van der Waals surface area contributed by atoms with Crippen LogP contribution in [0.2, 0.25) is 0 Å². The number of benzene rings is 1. The third kappa shape index (κ3) is 3.20. The molecule has 12 heavy (non-hydrogen) atoms. The fourth-order valence-corrected chi connectivity index (χ4v) is 0.992. The Balaban J connectivity index is 0.00000121. The average Bonchev–Trinajstić information content (AvgIpc) is 2.05. The van der Waals surface area contributed by atoms with Gasteiger partial charge in [0.05, 0.1) is 0 Å². The van der Waals surface area contributed by atoms with E-state index in [1.807, 2.05) is 12.1 Å². The summed E-state index contributed by atoms with van der Waals surface area (Å²) in [6, 6.07) is 8.30. The number of rotatable bonds is 2. The number of hydrogen-bond acceptors (Lipinski definition) is 0. The Bertz CT molecular complexity index is 234. The van der Waals surface area contributed by atoms with E-state index in [4.69, 9.17) is 6.58 Å². The molecule has 0 bridgehead atoms. The molecule has 0 fully saturated rings. The van der Waals surface area contributed by atoms with Crippen LogP contribution in [0.1, 0.15) is 30.9 Å². The van der Waals surface area contributed by atoms with Gasteiger partial charge in [0.2, 0.25) is 0 Å². The van der Waals surface area contributed by atoms with Crippen molar-refractivity contribution in [2.75, 3.05) is 0 Å². The molecule has 0 spiro atoms. The zero-order chi connectivity index (χ0) is 8.27. The van der Waals surface area contributed by atoms with Gasteiger partial charge in [-0.3, -0.25) is 6.58 Å². The Morgan fingerprint density at radius 1 is 1.17 bits per heavy atom. The van der Waals surface area contributed by atoms with Gasteiger partial charge in [0.25, 0.3) is 0 Å². The first-order valence-corrected chi connectivity index (χ1v) is 3.89. The van der Waals surface area contributed by atoms with Gasteiger partial charge in [0.15, 0.2) is 0 Å². The molecule has 1 rings (SSSR count). The first kappa shape index (κ1) is 12.1. The molecule has 0 saturated heterocycles. The molecule has 0 atom stereocenters. The van der Waals surface area contributed by atoms with E-state index in [2.05, 4.69) is 26.0 Å². The van der Waals surface area contributed by atoms with E-state index < -0.39 is 0 Å². The van der Waals surface area contributed by atoms with Crippen molar-refractivity contribution in [1.82, 2.24) is 0 Å². The van der Waals surface area contributed by atoms with Gasteiger partial charge in [-0.1, -0.05) is 26.0 Å². The van der Waals surface area contributed by atoms with Crippen LogP contribution < -0.4 is 0 Å². The van der Waals surface area contributed by atoms with Crippen LogP contribution in [-0.4, -0.2) is 0 Å². The van der Waals surface area contributed by atoms with Gasteiger partial charge in [-0.25, -0.2) is 6.08 Å². The Morgan fingerprint density at radius 2 is 1.67 bits per heavy atom. The Kier molecular flexibility index (Phi) is 5.70. The van der Waals surface area contributed by atoms with E-state index in [1.165, 1.54) is 5.56 Å². The molecule has 1 aromatic rings. The Hall–Kier alpha value is 0.0639. The molecule has 0 aliphatic heterocycles. The summed E-state index contributed by atoms with van der Waals surface area (Å²) >= 11 is 0. The van der Waals surface area contributed by atoms with Gasteiger partial charge in [0, 0.05) is 32.7 Å². The summed E-state index contributed by atoms with van der Waals surface area (Å²) in [6.07, 6.45) is 1.62. The van der Waals surface area contributed by atoms with E-state index in [-0.39, 0.29) is 32.7 Å². The predicted molar refractivity (Wildman–Crippen MR) is 49.3 cm³/mol. The third-order valence-electron chi connectivity index (χ3n) is 1.80.